The quantitative estimate of drug-likeness (QED) is 0.861. The van der Waals surface area contributed by atoms with Crippen molar-refractivity contribution in [2.75, 3.05) is 23.8 Å². The average Bonchev–Trinajstić information content (AvgIpc) is 2.33. The van der Waals surface area contributed by atoms with Gasteiger partial charge in [-0.2, -0.15) is 0 Å². The van der Waals surface area contributed by atoms with Crippen LogP contribution in [0.4, 0.5) is 11.5 Å². The van der Waals surface area contributed by atoms with Crippen LogP contribution in [0.2, 0.25) is 0 Å². The van der Waals surface area contributed by atoms with Crippen LogP contribution in [-0.4, -0.2) is 24.6 Å². The van der Waals surface area contributed by atoms with Gasteiger partial charge in [0.05, 0.1) is 0 Å². The second-order valence-corrected chi connectivity index (χ2v) is 5.98. The Labute approximate surface area is 112 Å². The topological polar surface area (TPSA) is 28.2 Å². The fraction of sp³-hybridized carbons (Fsp3) is 0.667. The lowest BCUT2D eigenvalue weighted by Gasteiger charge is -2.37. The zero-order chi connectivity index (χ0) is 13.8. The van der Waals surface area contributed by atoms with Gasteiger partial charge in [0.15, 0.2) is 0 Å². The molecule has 1 atom stereocenters. The van der Waals surface area contributed by atoms with Crippen LogP contribution in [0.15, 0.2) is 18.3 Å². The second kappa shape index (κ2) is 6.07. The minimum Gasteiger partial charge on any atom is -0.371 e. The van der Waals surface area contributed by atoms with Gasteiger partial charge in [-0.25, -0.2) is 4.98 Å². The van der Waals surface area contributed by atoms with Gasteiger partial charge in [-0.15, -0.1) is 0 Å². The van der Waals surface area contributed by atoms with Crippen molar-refractivity contribution >= 4 is 11.5 Å². The SMILES string of the molecule is CCCNc1cc(N(C)C(C)C(C)(C)C)ccn1. The second-order valence-electron chi connectivity index (χ2n) is 5.98. The molecule has 0 aliphatic carbocycles. The fourth-order valence-electron chi connectivity index (χ4n) is 1.79. The lowest BCUT2D eigenvalue weighted by atomic mass is 9.87. The van der Waals surface area contributed by atoms with Crippen molar-refractivity contribution in [1.29, 1.82) is 0 Å². The van der Waals surface area contributed by atoms with Crippen LogP contribution in [0.1, 0.15) is 41.0 Å². The van der Waals surface area contributed by atoms with Crippen LogP contribution >= 0.6 is 0 Å². The summed E-state index contributed by atoms with van der Waals surface area (Å²) >= 11 is 0. The fourth-order valence-corrected chi connectivity index (χ4v) is 1.79. The molecule has 102 valence electrons. The summed E-state index contributed by atoms with van der Waals surface area (Å²) in [4.78, 5) is 6.66. The molecule has 0 radical (unpaired) electrons. The number of aromatic nitrogens is 1. The first-order valence-electron chi connectivity index (χ1n) is 6.79. The number of hydrogen-bond acceptors (Lipinski definition) is 3. The number of anilines is 2. The van der Waals surface area contributed by atoms with E-state index in [0.717, 1.165) is 18.8 Å². The number of nitrogens with zero attached hydrogens (tertiary/aromatic N) is 2. The van der Waals surface area contributed by atoms with Crippen LogP contribution < -0.4 is 10.2 Å². The molecule has 1 aromatic heterocycles. The summed E-state index contributed by atoms with van der Waals surface area (Å²) in [6.45, 7) is 12.2. The normalized spacial score (nSPS) is 13.2. The molecule has 1 heterocycles. The van der Waals surface area contributed by atoms with Gasteiger partial charge in [0, 0.05) is 37.6 Å². The molecular weight excluding hydrogens is 222 g/mol. The van der Waals surface area contributed by atoms with E-state index >= 15 is 0 Å². The van der Waals surface area contributed by atoms with E-state index in [9.17, 15) is 0 Å². The lowest BCUT2D eigenvalue weighted by Crippen LogP contribution is -2.39. The third-order valence-electron chi connectivity index (χ3n) is 3.54. The Morgan fingerprint density at radius 3 is 2.61 bits per heavy atom. The molecule has 1 aromatic rings. The molecule has 0 bridgehead atoms. The highest BCUT2D eigenvalue weighted by Crippen LogP contribution is 2.27. The number of nitrogens with one attached hydrogen (secondary N) is 1. The van der Waals surface area contributed by atoms with E-state index in [4.69, 9.17) is 0 Å². The van der Waals surface area contributed by atoms with Crippen molar-refractivity contribution in [1.82, 2.24) is 4.98 Å². The lowest BCUT2D eigenvalue weighted by molar-refractivity contribution is 0.330. The Balaban J connectivity index is 2.82. The van der Waals surface area contributed by atoms with Crippen molar-refractivity contribution in [3.05, 3.63) is 18.3 Å². The van der Waals surface area contributed by atoms with Crippen LogP contribution in [0.3, 0.4) is 0 Å². The van der Waals surface area contributed by atoms with Crippen LogP contribution in [0.5, 0.6) is 0 Å². The Hall–Kier alpha value is -1.25. The van der Waals surface area contributed by atoms with E-state index in [0.29, 0.717) is 6.04 Å². The van der Waals surface area contributed by atoms with Crippen LogP contribution in [0, 0.1) is 5.41 Å². The molecule has 3 nitrogen and oxygen atoms in total. The van der Waals surface area contributed by atoms with Crippen molar-refractivity contribution in [3.63, 3.8) is 0 Å². The van der Waals surface area contributed by atoms with E-state index in [1.165, 1.54) is 5.69 Å². The standard InChI is InChI=1S/C15H27N3/c1-7-9-16-14-11-13(8-10-17-14)18(6)12(2)15(3,4)5/h8,10-12H,7,9H2,1-6H3,(H,16,17). The number of hydrogen-bond donors (Lipinski definition) is 1. The molecule has 1 unspecified atom stereocenters. The van der Waals surface area contributed by atoms with Gasteiger partial charge in [0.1, 0.15) is 5.82 Å². The van der Waals surface area contributed by atoms with E-state index in [2.05, 4.69) is 69.0 Å². The van der Waals surface area contributed by atoms with Gasteiger partial charge in [0.25, 0.3) is 0 Å². The summed E-state index contributed by atoms with van der Waals surface area (Å²) in [6, 6.07) is 4.66. The number of rotatable bonds is 5. The summed E-state index contributed by atoms with van der Waals surface area (Å²) in [6.07, 6.45) is 2.99. The Kier molecular flexibility index (Phi) is 5.00. The molecule has 0 saturated carbocycles. The highest BCUT2D eigenvalue weighted by molar-refractivity contribution is 5.54. The first-order chi connectivity index (χ1) is 8.36. The molecule has 0 aromatic carbocycles. The minimum absolute atomic E-state index is 0.259. The summed E-state index contributed by atoms with van der Waals surface area (Å²) in [5, 5.41) is 3.33. The van der Waals surface area contributed by atoms with E-state index in [1.807, 2.05) is 6.20 Å². The smallest absolute Gasteiger partial charge is 0.127 e. The molecule has 0 amide bonds. The van der Waals surface area contributed by atoms with Gasteiger partial charge in [0.2, 0.25) is 0 Å². The molecule has 0 spiro atoms. The van der Waals surface area contributed by atoms with Crippen molar-refractivity contribution in [3.8, 4) is 0 Å². The predicted molar refractivity (Wildman–Crippen MR) is 80.3 cm³/mol. The maximum Gasteiger partial charge on any atom is 0.127 e. The van der Waals surface area contributed by atoms with Crippen molar-refractivity contribution in [2.24, 2.45) is 5.41 Å². The monoisotopic (exact) mass is 249 g/mol. The van der Waals surface area contributed by atoms with Crippen LogP contribution in [-0.2, 0) is 0 Å². The Morgan fingerprint density at radius 2 is 2.06 bits per heavy atom. The minimum atomic E-state index is 0.259. The predicted octanol–water partition coefficient (Wildman–Crippen LogP) is 3.77. The zero-order valence-corrected chi connectivity index (χ0v) is 12.6. The van der Waals surface area contributed by atoms with E-state index in [1.54, 1.807) is 0 Å². The largest absolute Gasteiger partial charge is 0.371 e. The summed E-state index contributed by atoms with van der Waals surface area (Å²) < 4.78 is 0. The zero-order valence-electron chi connectivity index (χ0n) is 12.6. The Bertz CT molecular complexity index is 368. The molecule has 0 aliphatic rings. The van der Waals surface area contributed by atoms with Crippen molar-refractivity contribution < 1.29 is 0 Å². The summed E-state index contributed by atoms with van der Waals surface area (Å²) in [7, 11) is 2.15. The van der Waals surface area contributed by atoms with Crippen LogP contribution in [0.25, 0.3) is 0 Å². The van der Waals surface area contributed by atoms with Gasteiger partial charge < -0.3 is 10.2 Å². The number of pyridine rings is 1. The molecule has 0 saturated heterocycles. The van der Waals surface area contributed by atoms with Gasteiger partial charge in [-0.05, 0) is 24.8 Å². The average molecular weight is 249 g/mol. The molecule has 1 rings (SSSR count). The maximum absolute atomic E-state index is 4.34. The third kappa shape index (κ3) is 3.90. The first kappa shape index (κ1) is 14.8. The maximum atomic E-state index is 4.34. The molecule has 3 heteroatoms. The van der Waals surface area contributed by atoms with Crippen molar-refractivity contribution in [2.45, 2.75) is 47.1 Å². The highest BCUT2D eigenvalue weighted by atomic mass is 15.1. The van der Waals surface area contributed by atoms with Gasteiger partial charge in [-0.3, -0.25) is 0 Å². The summed E-state index contributed by atoms with van der Waals surface area (Å²) in [5.41, 5.74) is 1.47. The molecule has 0 fully saturated rings. The van der Waals surface area contributed by atoms with E-state index < -0.39 is 0 Å². The first-order valence-corrected chi connectivity index (χ1v) is 6.79. The summed E-state index contributed by atoms with van der Waals surface area (Å²) in [5.74, 6) is 0.960. The van der Waals surface area contributed by atoms with Gasteiger partial charge in [-0.1, -0.05) is 27.7 Å². The third-order valence-corrected chi connectivity index (χ3v) is 3.54. The molecule has 0 aliphatic heterocycles. The van der Waals surface area contributed by atoms with E-state index in [-0.39, 0.29) is 5.41 Å². The molecule has 18 heavy (non-hydrogen) atoms. The molecule has 1 N–H and O–H groups in total. The highest BCUT2D eigenvalue weighted by Gasteiger charge is 2.24. The van der Waals surface area contributed by atoms with Gasteiger partial charge >= 0.3 is 0 Å². The molecular formula is C15H27N3. The Morgan fingerprint density at radius 1 is 1.39 bits per heavy atom.